The van der Waals surface area contributed by atoms with Gasteiger partial charge in [0.2, 0.25) is 0 Å². The molecule has 0 nitrogen and oxygen atoms in total. The molecule has 2 heteroatoms. The topological polar surface area (TPSA) is 0 Å². The Morgan fingerprint density at radius 3 is 2.67 bits per heavy atom. The summed E-state index contributed by atoms with van der Waals surface area (Å²) in [6.45, 7) is 0. The van der Waals surface area contributed by atoms with Crippen molar-refractivity contribution in [3.63, 3.8) is 0 Å². The van der Waals surface area contributed by atoms with Crippen molar-refractivity contribution >= 4 is 40.0 Å². The molecule has 0 unspecified atom stereocenters. The molecule has 2 rings (SSSR count). The van der Waals surface area contributed by atoms with Crippen LogP contribution in [0.1, 0.15) is 0 Å². The molecule has 0 saturated heterocycles. The highest BCUT2D eigenvalue weighted by Crippen LogP contribution is 2.21. The zero-order chi connectivity index (χ0) is 8.55. The lowest BCUT2D eigenvalue weighted by molar-refractivity contribution is 1.75. The van der Waals surface area contributed by atoms with Crippen LogP contribution in [-0.2, 0) is 0 Å². The maximum atomic E-state index is 5.69. The van der Waals surface area contributed by atoms with Crippen molar-refractivity contribution in [3.05, 3.63) is 40.9 Å². The van der Waals surface area contributed by atoms with E-state index in [0.717, 1.165) is 9.94 Å². The van der Waals surface area contributed by atoms with Gasteiger partial charge < -0.3 is 0 Å². The van der Waals surface area contributed by atoms with Gasteiger partial charge in [-0.2, -0.15) is 0 Å². The van der Waals surface area contributed by atoms with Gasteiger partial charge in [0.25, 0.3) is 0 Å². The van der Waals surface area contributed by atoms with E-state index in [1.165, 1.54) is 10.8 Å². The van der Waals surface area contributed by atoms with Crippen molar-refractivity contribution in [1.29, 1.82) is 0 Å². The average molecular weight is 217 g/mol. The van der Waals surface area contributed by atoms with Gasteiger partial charge in [-0.3, -0.25) is 0 Å². The Morgan fingerprint density at radius 1 is 1.08 bits per heavy atom. The third-order valence-corrected chi connectivity index (χ3v) is 2.49. The standard InChI is InChI=1S/C10H6BBr/c11-8-5-7-3-1-2-4-9(7)10(12)6-8/h1-6H. The molecule has 0 N–H and O–H groups in total. The fourth-order valence-corrected chi connectivity index (χ4v) is 1.91. The Kier molecular flexibility index (Phi) is 1.93. The zero-order valence-corrected chi connectivity index (χ0v) is 8.01. The minimum Gasteiger partial charge on any atom is -0.0949 e. The molecule has 0 heterocycles. The lowest BCUT2D eigenvalue weighted by Crippen LogP contribution is -2.00. The molecule has 2 aromatic rings. The lowest BCUT2D eigenvalue weighted by atomic mass is 9.94. The van der Waals surface area contributed by atoms with Crippen LogP contribution < -0.4 is 5.46 Å². The molecule has 0 amide bonds. The monoisotopic (exact) mass is 216 g/mol. The van der Waals surface area contributed by atoms with E-state index >= 15 is 0 Å². The van der Waals surface area contributed by atoms with Crippen molar-refractivity contribution in [1.82, 2.24) is 0 Å². The summed E-state index contributed by atoms with van der Waals surface area (Å²) < 4.78 is 1.05. The van der Waals surface area contributed by atoms with E-state index in [1.807, 2.05) is 24.3 Å². The summed E-state index contributed by atoms with van der Waals surface area (Å²) in [5.41, 5.74) is 0.792. The van der Waals surface area contributed by atoms with Crippen LogP contribution in [-0.4, -0.2) is 7.85 Å². The quantitative estimate of drug-likeness (QED) is 0.594. The maximum Gasteiger partial charge on any atom is 0.113 e. The van der Waals surface area contributed by atoms with Gasteiger partial charge in [-0.1, -0.05) is 57.8 Å². The van der Waals surface area contributed by atoms with Crippen LogP contribution in [0.4, 0.5) is 0 Å². The first kappa shape index (κ1) is 7.87. The predicted octanol–water partition coefficient (Wildman–Crippen LogP) is 2.40. The zero-order valence-electron chi connectivity index (χ0n) is 6.42. The van der Waals surface area contributed by atoms with Crippen LogP contribution in [0.5, 0.6) is 0 Å². The van der Waals surface area contributed by atoms with Crippen LogP contribution >= 0.6 is 15.9 Å². The first-order chi connectivity index (χ1) is 5.77. The van der Waals surface area contributed by atoms with Gasteiger partial charge in [0.15, 0.2) is 0 Å². The Morgan fingerprint density at radius 2 is 1.83 bits per heavy atom. The van der Waals surface area contributed by atoms with Crippen LogP contribution in [0, 0.1) is 0 Å². The molecule has 0 aromatic heterocycles. The number of benzene rings is 2. The van der Waals surface area contributed by atoms with Gasteiger partial charge in [0.1, 0.15) is 7.85 Å². The second-order valence-electron chi connectivity index (χ2n) is 2.72. The third kappa shape index (κ3) is 1.27. The summed E-state index contributed by atoms with van der Waals surface area (Å²) in [6, 6.07) is 12.0. The predicted molar refractivity (Wildman–Crippen MR) is 57.0 cm³/mol. The highest BCUT2D eigenvalue weighted by molar-refractivity contribution is 9.10. The summed E-state index contributed by atoms with van der Waals surface area (Å²) in [5, 5.41) is 2.37. The fourth-order valence-electron chi connectivity index (χ4n) is 1.29. The van der Waals surface area contributed by atoms with Gasteiger partial charge >= 0.3 is 0 Å². The number of rotatable bonds is 0. The minimum atomic E-state index is 0.792. The largest absolute Gasteiger partial charge is 0.113 e. The molecule has 0 aliphatic carbocycles. The van der Waals surface area contributed by atoms with E-state index in [9.17, 15) is 0 Å². The molecule has 2 radical (unpaired) electrons. The summed E-state index contributed by atoms with van der Waals surface area (Å²) in [7, 11) is 5.69. The second-order valence-corrected chi connectivity index (χ2v) is 3.58. The van der Waals surface area contributed by atoms with Crippen molar-refractivity contribution in [3.8, 4) is 0 Å². The summed E-state index contributed by atoms with van der Waals surface area (Å²) in [4.78, 5) is 0. The van der Waals surface area contributed by atoms with E-state index in [0.29, 0.717) is 0 Å². The number of halogens is 1. The summed E-state index contributed by atoms with van der Waals surface area (Å²) in [5.74, 6) is 0. The average Bonchev–Trinajstić information content (AvgIpc) is 2.04. The van der Waals surface area contributed by atoms with Crippen molar-refractivity contribution in [2.24, 2.45) is 0 Å². The number of hydrogen-bond donors (Lipinski definition) is 0. The minimum absolute atomic E-state index is 0.792. The molecule has 0 aliphatic heterocycles. The van der Waals surface area contributed by atoms with Gasteiger partial charge in [0, 0.05) is 4.47 Å². The van der Waals surface area contributed by atoms with Gasteiger partial charge in [-0.15, -0.1) is 0 Å². The van der Waals surface area contributed by atoms with E-state index in [4.69, 9.17) is 7.85 Å². The highest BCUT2D eigenvalue weighted by Gasteiger charge is 1.96. The maximum absolute atomic E-state index is 5.69. The molecule has 0 atom stereocenters. The molecule has 12 heavy (non-hydrogen) atoms. The van der Waals surface area contributed by atoms with Gasteiger partial charge in [0.05, 0.1) is 0 Å². The molecular weight excluding hydrogens is 211 g/mol. The molecule has 0 fully saturated rings. The smallest absolute Gasteiger partial charge is 0.0949 e. The Hall–Kier alpha value is -0.755. The second kappa shape index (κ2) is 2.94. The van der Waals surface area contributed by atoms with Crippen LogP contribution in [0.15, 0.2) is 40.9 Å². The first-order valence-electron chi connectivity index (χ1n) is 3.71. The van der Waals surface area contributed by atoms with E-state index in [2.05, 4.69) is 28.1 Å². The molecule has 0 spiro atoms. The van der Waals surface area contributed by atoms with Gasteiger partial charge in [-0.25, -0.2) is 0 Å². The molecular formula is C10H6BBr. The van der Waals surface area contributed by atoms with Gasteiger partial charge in [-0.05, 0) is 10.8 Å². The number of fused-ring (bicyclic) bond motifs is 1. The third-order valence-electron chi connectivity index (χ3n) is 1.83. The van der Waals surface area contributed by atoms with Crippen LogP contribution in [0.3, 0.4) is 0 Å². The van der Waals surface area contributed by atoms with Crippen molar-refractivity contribution in [2.45, 2.75) is 0 Å². The highest BCUT2D eigenvalue weighted by atomic mass is 79.9. The Bertz CT molecular complexity index is 423. The molecule has 0 aliphatic rings. The molecule has 56 valence electrons. The van der Waals surface area contributed by atoms with E-state index in [-0.39, 0.29) is 0 Å². The lowest BCUT2D eigenvalue weighted by Gasteiger charge is -2.01. The molecule has 0 bridgehead atoms. The molecule has 2 aromatic carbocycles. The molecule has 0 saturated carbocycles. The van der Waals surface area contributed by atoms with Crippen LogP contribution in [0.25, 0.3) is 10.8 Å². The SMILES string of the molecule is [B]c1cc(Br)c2ccccc2c1. The fraction of sp³-hybridized carbons (Fsp3) is 0. The van der Waals surface area contributed by atoms with Crippen molar-refractivity contribution in [2.75, 3.05) is 0 Å². The number of hydrogen-bond acceptors (Lipinski definition) is 0. The van der Waals surface area contributed by atoms with E-state index < -0.39 is 0 Å². The Balaban J connectivity index is 2.89. The summed E-state index contributed by atoms with van der Waals surface area (Å²) in [6.07, 6.45) is 0. The Labute approximate surface area is 81.1 Å². The van der Waals surface area contributed by atoms with E-state index in [1.54, 1.807) is 0 Å². The van der Waals surface area contributed by atoms with Crippen molar-refractivity contribution < 1.29 is 0 Å². The first-order valence-corrected chi connectivity index (χ1v) is 4.50. The normalized spacial score (nSPS) is 10.4. The summed E-state index contributed by atoms with van der Waals surface area (Å²) >= 11 is 3.47. The van der Waals surface area contributed by atoms with Crippen LogP contribution in [0.2, 0.25) is 0 Å².